The quantitative estimate of drug-likeness (QED) is 0.811. The van der Waals surface area contributed by atoms with Crippen molar-refractivity contribution in [1.82, 2.24) is 5.32 Å². The van der Waals surface area contributed by atoms with Crippen molar-refractivity contribution in [3.63, 3.8) is 0 Å². The van der Waals surface area contributed by atoms with Gasteiger partial charge in [0.05, 0.1) is 18.8 Å². The van der Waals surface area contributed by atoms with Gasteiger partial charge in [0.25, 0.3) is 5.91 Å². The number of rotatable bonds is 4. The predicted molar refractivity (Wildman–Crippen MR) is 104 cm³/mol. The molecule has 0 unspecified atom stereocenters. The minimum Gasteiger partial charge on any atom is -0.465 e. The molecule has 0 bridgehead atoms. The Balaban J connectivity index is 1.70. The monoisotopic (exact) mass is 367 g/mol. The zero-order valence-corrected chi connectivity index (χ0v) is 15.7. The van der Waals surface area contributed by atoms with Crippen LogP contribution in [0.15, 0.2) is 42.5 Å². The molecule has 1 saturated carbocycles. The van der Waals surface area contributed by atoms with E-state index in [0.717, 1.165) is 42.4 Å². The lowest BCUT2D eigenvalue weighted by atomic mass is 9.93. The molecule has 0 heterocycles. The van der Waals surface area contributed by atoms with Crippen molar-refractivity contribution in [3.8, 4) is 11.1 Å². The van der Waals surface area contributed by atoms with E-state index in [1.165, 1.54) is 7.11 Å². The van der Waals surface area contributed by atoms with Gasteiger partial charge in [0.15, 0.2) is 0 Å². The van der Waals surface area contributed by atoms with Crippen LogP contribution in [0.3, 0.4) is 0 Å². The van der Waals surface area contributed by atoms with Crippen molar-refractivity contribution in [2.24, 2.45) is 0 Å². The maximum atomic E-state index is 12.4. The van der Waals surface area contributed by atoms with Gasteiger partial charge in [-0.05, 0) is 73.6 Å². The lowest BCUT2D eigenvalue weighted by Gasteiger charge is -2.26. The van der Waals surface area contributed by atoms with Gasteiger partial charge in [0.2, 0.25) is 0 Å². The first-order valence-electron chi connectivity index (χ1n) is 9.26. The van der Waals surface area contributed by atoms with E-state index in [9.17, 15) is 14.7 Å². The number of ether oxygens (including phenoxy) is 1. The maximum absolute atomic E-state index is 12.4. The first-order chi connectivity index (χ1) is 13.0. The lowest BCUT2D eigenvalue weighted by Crippen LogP contribution is -2.38. The minimum absolute atomic E-state index is 0.0827. The van der Waals surface area contributed by atoms with Crippen LogP contribution in [0.5, 0.6) is 0 Å². The first-order valence-corrected chi connectivity index (χ1v) is 9.26. The average Bonchev–Trinajstić information content (AvgIpc) is 2.69. The largest absolute Gasteiger partial charge is 0.465 e. The van der Waals surface area contributed by atoms with Gasteiger partial charge in [-0.3, -0.25) is 4.79 Å². The maximum Gasteiger partial charge on any atom is 0.337 e. The number of hydrogen-bond acceptors (Lipinski definition) is 4. The number of aryl methyl sites for hydroxylation is 1. The van der Waals surface area contributed by atoms with Crippen molar-refractivity contribution >= 4 is 11.9 Å². The molecule has 1 fully saturated rings. The number of amides is 1. The van der Waals surface area contributed by atoms with Crippen LogP contribution in [0.2, 0.25) is 0 Å². The summed E-state index contributed by atoms with van der Waals surface area (Å²) in [6.45, 7) is 1.94. The van der Waals surface area contributed by atoms with Gasteiger partial charge in [0.1, 0.15) is 0 Å². The Morgan fingerprint density at radius 1 is 1.00 bits per heavy atom. The van der Waals surface area contributed by atoms with E-state index in [0.29, 0.717) is 11.1 Å². The number of benzene rings is 2. The number of nitrogens with one attached hydrogen (secondary N) is 1. The van der Waals surface area contributed by atoms with Crippen molar-refractivity contribution in [2.45, 2.75) is 44.8 Å². The van der Waals surface area contributed by atoms with E-state index in [1.807, 2.05) is 37.3 Å². The van der Waals surface area contributed by atoms with Crippen molar-refractivity contribution < 1.29 is 19.4 Å². The van der Waals surface area contributed by atoms with Crippen molar-refractivity contribution in [1.29, 1.82) is 0 Å². The predicted octanol–water partition coefficient (Wildman–Crippen LogP) is 3.48. The second-order valence-corrected chi connectivity index (χ2v) is 7.08. The number of aliphatic hydroxyl groups excluding tert-OH is 1. The molecule has 0 radical (unpaired) electrons. The molecule has 1 aliphatic carbocycles. The highest BCUT2D eigenvalue weighted by atomic mass is 16.5. The molecule has 2 N–H and O–H groups in total. The van der Waals surface area contributed by atoms with Crippen molar-refractivity contribution in [2.75, 3.05) is 7.11 Å². The van der Waals surface area contributed by atoms with Crippen LogP contribution in [-0.4, -0.2) is 36.2 Å². The zero-order chi connectivity index (χ0) is 19.4. The summed E-state index contributed by atoms with van der Waals surface area (Å²) in [5.74, 6) is -0.437. The van der Waals surface area contributed by atoms with Gasteiger partial charge < -0.3 is 15.2 Å². The molecule has 5 nitrogen and oxygen atoms in total. The number of hydrogen-bond donors (Lipinski definition) is 2. The zero-order valence-electron chi connectivity index (χ0n) is 15.7. The summed E-state index contributed by atoms with van der Waals surface area (Å²) in [6.07, 6.45) is 2.88. The van der Waals surface area contributed by atoms with Crippen LogP contribution < -0.4 is 5.32 Å². The van der Waals surface area contributed by atoms with Crippen LogP contribution in [0, 0.1) is 6.92 Å². The molecule has 142 valence electrons. The van der Waals surface area contributed by atoms with Gasteiger partial charge in [-0.25, -0.2) is 4.79 Å². The Hall–Kier alpha value is -2.66. The van der Waals surface area contributed by atoms with E-state index in [2.05, 4.69) is 5.32 Å². The van der Waals surface area contributed by atoms with E-state index >= 15 is 0 Å². The Morgan fingerprint density at radius 2 is 1.63 bits per heavy atom. The molecule has 0 saturated heterocycles. The Morgan fingerprint density at radius 3 is 2.22 bits per heavy atom. The molecule has 0 atom stereocenters. The second kappa shape index (κ2) is 8.35. The average molecular weight is 367 g/mol. The fourth-order valence-electron chi connectivity index (χ4n) is 3.52. The minimum atomic E-state index is -0.355. The van der Waals surface area contributed by atoms with Gasteiger partial charge in [0, 0.05) is 11.6 Å². The summed E-state index contributed by atoms with van der Waals surface area (Å²) < 4.78 is 4.75. The molecule has 2 aromatic carbocycles. The molecule has 27 heavy (non-hydrogen) atoms. The summed E-state index contributed by atoms with van der Waals surface area (Å²) in [4.78, 5) is 24.1. The van der Waals surface area contributed by atoms with E-state index < -0.39 is 0 Å². The van der Waals surface area contributed by atoms with E-state index in [1.54, 1.807) is 12.1 Å². The molecule has 1 amide bonds. The molecule has 0 aromatic heterocycles. The molecule has 3 rings (SSSR count). The summed E-state index contributed by atoms with van der Waals surface area (Å²) in [5, 5.41) is 12.6. The SMILES string of the molecule is COC(=O)c1ccc(-c2ccc(C(=O)NC3CCC(O)CC3)cc2)c(C)c1. The lowest BCUT2D eigenvalue weighted by molar-refractivity contribution is 0.0600. The molecular weight excluding hydrogens is 342 g/mol. The van der Waals surface area contributed by atoms with Crippen LogP contribution in [0.25, 0.3) is 11.1 Å². The number of carbonyl (C=O) groups excluding carboxylic acids is 2. The topological polar surface area (TPSA) is 75.6 Å². The van der Waals surface area contributed by atoms with Gasteiger partial charge in [-0.2, -0.15) is 0 Å². The fraction of sp³-hybridized carbons (Fsp3) is 0.364. The highest BCUT2D eigenvalue weighted by molar-refractivity contribution is 5.95. The fourth-order valence-corrected chi connectivity index (χ4v) is 3.52. The number of carbonyl (C=O) groups is 2. The summed E-state index contributed by atoms with van der Waals surface area (Å²) >= 11 is 0. The summed E-state index contributed by atoms with van der Waals surface area (Å²) in [6, 6.07) is 13.0. The molecule has 5 heteroatoms. The Bertz CT molecular complexity index is 821. The standard InChI is InChI=1S/C22H25NO4/c1-14-13-17(22(26)27-2)7-12-20(14)15-3-5-16(6-4-15)21(25)23-18-8-10-19(24)11-9-18/h3-7,12-13,18-19,24H,8-11H2,1-2H3,(H,23,25). The number of aliphatic hydroxyl groups is 1. The van der Waals surface area contributed by atoms with Gasteiger partial charge in [-0.15, -0.1) is 0 Å². The van der Waals surface area contributed by atoms with Gasteiger partial charge in [-0.1, -0.05) is 18.2 Å². The van der Waals surface area contributed by atoms with E-state index in [-0.39, 0.29) is 24.0 Å². The molecule has 0 aliphatic heterocycles. The Kier molecular flexibility index (Phi) is 5.91. The third-order valence-electron chi connectivity index (χ3n) is 5.14. The highest BCUT2D eigenvalue weighted by Gasteiger charge is 2.21. The number of esters is 1. The van der Waals surface area contributed by atoms with Crippen LogP contribution in [0.1, 0.15) is 52.0 Å². The smallest absolute Gasteiger partial charge is 0.337 e. The third-order valence-corrected chi connectivity index (χ3v) is 5.14. The van der Waals surface area contributed by atoms with E-state index in [4.69, 9.17) is 4.74 Å². The van der Waals surface area contributed by atoms with Gasteiger partial charge >= 0.3 is 5.97 Å². The number of methoxy groups -OCH3 is 1. The molecular formula is C22H25NO4. The first kappa shape index (κ1) is 19.1. The molecule has 0 spiro atoms. The third kappa shape index (κ3) is 4.55. The summed E-state index contributed by atoms with van der Waals surface area (Å²) in [7, 11) is 1.37. The highest BCUT2D eigenvalue weighted by Crippen LogP contribution is 2.25. The Labute approximate surface area is 159 Å². The molecule has 1 aliphatic rings. The molecule has 2 aromatic rings. The van der Waals surface area contributed by atoms with Crippen LogP contribution >= 0.6 is 0 Å². The van der Waals surface area contributed by atoms with Crippen LogP contribution in [-0.2, 0) is 4.74 Å². The second-order valence-electron chi connectivity index (χ2n) is 7.08. The summed E-state index contributed by atoms with van der Waals surface area (Å²) in [5.41, 5.74) is 4.11. The normalized spacial score (nSPS) is 19.4. The van der Waals surface area contributed by atoms with Crippen molar-refractivity contribution in [3.05, 3.63) is 59.2 Å². The van der Waals surface area contributed by atoms with Crippen LogP contribution in [0.4, 0.5) is 0 Å².